The highest BCUT2D eigenvalue weighted by molar-refractivity contribution is 6.30. The summed E-state index contributed by atoms with van der Waals surface area (Å²) in [7, 11) is 0. The van der Waals surface area contributed by atoms with Gasteiger partial charge in [0.15, 0.2) is 0 Å². The Balaban J connectivity index is 1.90. The molecule has 1 heterocycles. The number of nitrogens with two attached hydrogens (primary N) is 1. The van der Waals surface area contributed by atoms with E-state index in [1.165, 1.54) is 5.56 Å². The molecule has 0 radical (unpaired) electrons. The van der Waals surface area contributed by atoms with Gasteiger partial charge in [0.1, 0.15) is 0 Å². The number of aryl methyl sites for hydroxylation is 1. The Morgan fingerprint density at radius 3 is 2.00 bits per heavy atom. The first kappa shape index (κ1) is 20.0. The van der Waals surface area contributed by atoms with Gasteiger partial charge in [-0.15, -0.1) is 0 Å². The Morgan fingerprint density at radius 1 is 0.867 bits per heavy atom. The molecule has 0 atom stereocenters. The van der Waals surface area contributed by atoms with Crippen LogP contribution >= 0.6 is 11.6 Å². The lowest BCUT2D eigenvalue weighted by Crippen LogP contribution is -2.13. The molecule has 0 fully saturated rings. The molecule has 4 heteroatoms. The summed E-state index contributed by atoms with van der Waals surface area (Å²) in [5, 5.41) is 0.725. The molecule has 150 valence electrons. The Kier molecular flexibility index (Phi) is 5.73. The fourth-order valence-corrected chi connectivity index (χ4v) is 4.12. The van der Waals surface area contributed by atoms with Crippen LogP contribution in [0.3, 0.4) is 0 Å². The number of benzene rings is 3. The number of rotatable bonds is 6. The van der Waals surface area contributed by atoms with Crippen molar-refractivity contribution in [3.63, 3.8) is 0 Å². The van der Waals surface area contributed by atoms with E-state index in [2.05, 4.69) is 16.7 Å². The summed E-state index contributed by atoms with van der Waals surface area (Å²) in [6, 6.07) is 28.0. The highest BCUT2D eigenvalue weighted by Crippen LogP contribution is 2.39. The second kappa shape index (κ2) is 8.60. The number of primary amides is 1. The van der Waals surface area contributed by atoms with Crippen LogP contribution in [0.15, 0.2) is 84.9 Å². The molecule has 30 heavy (non-hydrogen) atoms. The van der Waals surface area contributed by atoms with Gasteiger partial charge in [-0.25, -0.2) is 0 Å². The van der Waals surface area contributed by atoms with E-state index < -0.39 is 5.91 Å². The zero-order valence-electron chi connectivity index (χ0n) is 16.8. The minimum absolute atomic E-state index is 0.409. The quantitative estimate of drug-likeness (QED) is 0.405. The topological polar surface area (TPSA) is 48.0 Å². The summed E-state index contributed by atoms with van der Waals surface area (Å²) >= 11 is 6.03. The van der Waals surface area contributed by atoms with Crippen LogP contribution in [0.4, 0.5) is 0 Å². The number of hydrogen-bond donors (Lipinski definition) is 1. The van der Waals surface area contributed by atoms with Crippen molar-refractivity contribution in [1.82, 2.24) is 4.57 Å². The van der Waals surface area contributed by atoms with Crippen LogP contribution in [0, 0.1) is 6.92 Å². The number of carbonyl (C=O) groups is 1. The van der Waals surface area contributed by atoms with Crippen LogP contribution in [-0.2, 0) is 13.0 Å². The van der Waals surface area contributed by atoms with Crippen molar-refractivity contribution < 1.29 is 4.79 Å². The molecule has 0 spiro atoms. The predicted molar refractivity (Wildman–Crippen MR) is 124 cm³/mol. The highest BCUT2D eigenvalue weighted by atomic mass is 35.5. The van der Waals surface area contributed by atoms with Crippen molar-refractivity contribution in [3.05, 3.63) is 107 Å². The van der Waals surface area contributed by atoms with Crippen molar-refractivity contribution in [3.8, 4) is 22.4 Å². The van der Waals surface area contributed by atoms with E-state index >= 15 is 0 Å². The van der Waals surface area contributed by atoms with Crippen LogP contribution in [0.1, 0.15) is 21.6 Å². The SMILES string of the molecule is Cc1c(C(N)=O)c(-c2ccccc2)c(-c2ccccc2)n1CCc1ccc(Cl)cc1. The minimum atomic E-state index is -0.409. The molecule has 0 saturated heterocycles. The lowest BCUT2D eigenvalue weighted by Gasteiger charge is -2.14. The highest BCUT2D eigenvalue weighted by Gasteiger charge is 2.25. The zero-order chi connectivity index (χ0) is 21.1. The molecule has 4 rings (SSSR count). The Labute approximate surface area is 181 Å². The van der Waals surface area contributed by atoms with Crippen LogP contribution < -0.4 is 5.73 Å². The zero-order valence-corrected chi connectivity index (χ0v) is 17.6. The van der Waals surface area contributed by atoms with Crippen LogP contribution in [0.2, 0.25) is 5.02 Å². The van der Waals surface area contributed by atoms with Crippen LogP contribution in [0.5, 0.6) is 0 Å². The molecular weight excluding hydrogens is 392 g/mol. The first-order chi connectivity index (χ1) is 14.6. The summed E-state index contributed by atoms with van der Waals surface area (Å²) in [6.45, 7) is 2.70. The number of aromatic nitrogens is 1. The molecule has 1 aromatic heterocycles. The van der Waals surface area contributed by atoms with Crippen molar-refractivity contribution in [2.45, 2.75) is 19.9 Å². The normalized spacial score (nSPS) is 10.9. The summed E-state index contributed by atoms with van der Waals surface area (Å²) in [6.07, 6.45) is 0.818. The van der Waals surface area contributed by atoms with E-state index in [9.17, 15) is 4.79 Å². The fourth-order valence-electron chi connectivity index (χ4n) is 3.99. The van der Waals surface area contributed by atoms with Gasteiger partial charge in [-0.1, -0.05) is 84.4 Å². The number of halogens is 1. The standard InChI is InChI=1S/C26H23ClN2O/c1-18-23(26(28)30)24(20-8-4-2-5-9-20)25(21-10-6-3-7-11-21)29(18)17-16-19-12-14-22(27)15-13-19/h2-15H,16-17H2,1H3,(H2,28,30). The van der Waals surface area contributed by atoms with Gasteiger partial charge in [-0.2, -0.15) is 0 Å². The van der Waals surface area contributed by atoms with Gasteiger partial charge in [0.05, 0.1) is 11.3 Å². The average Bonchev–Trinajstić information content (AvgIpc) is 3.07. The second-order valence-corrected chi connectivity index (χ2v) is 7.74. The lowest BCUT2D eigenvalue weighted by molar-refractivity contribution is 0.1000. The molecule has 3 aromatic carbocycles. The van der Waals surface area contributed by atoms with Crippen molar-refractivity contribution in [1.29, 1.82) is 0 Å². The number of carbonyl (C=O) groups excluding carboxylic acids is 1. The molecule has 0 aliphatic carbocycles. The molecule has 0 unspecified atom stereocenters. The van der Waals surface area contributed by atoms with E-state index in [0.29, 0.717) is 5.56 Å². The van der Waals surface area contributed by atoms with Gasteiger partial charge in [0.2, 0.25) is 0 Å². The summed E-state index contributed by atoms with van der Waals surface area (Å²) < 4.78 is 2.21. The van der Waals surface area contributed by atoms with Gasteiger partial charge < -0.3 is 10.3 Å². The van der Waals surface area contributed by atoms with E-state index in [1.54, 1.807) is 0 Å². The first-order valence-electron chi connectivity index (χ1n) is 9.94. The predicted octanol–water partition coefficient (Wildman–Crippen LogP) is 6.13. The number of nitrogens with zero attached hydrogens (tertiary/aromatic N) is 1. The molecule has 3 nitrogen and oxygen atoms in total. The van der Waals surface area contributed by atoms with Gasteiger partial charge in [0, 0.05) is 22.8 Å². The molecular formula is C26H23ClN2O. The molecule has 0 bridgehead atoms. The van der Waals surface area contributed by atoms with Crippen LogP contribution in [0.25, 0.3) is 22.4 Å². The van der Waals surface area contributed by atoms with E-state index in [-0.39, 0.29) is 0 Å². The second-order valence-electron chi connectivity index (χ2n) is 7.31. The summed E-state index contributed by atoms with van der Waals surface area (Å²) in [5.41, 5.74) is 12.5. The number of hydrogen-bond acceptors (Lipinski definition) is 1. The van der Waals surface area contributed by atoms with Crippen molar-refractivity contribution in [2.24, 2.45) is 5.73 Å². The fraction of sp³-hybridized carbons (Fsp3) is 0.115. The largest absolute Gasteiger partial charge is 0.366 e. The lowest BCUT2D eigenvalue weighted by atomic mass is 9.96. The molecule has 4 aromatic rings. The smallest absolute Gasteiger partial charge is 0.251 e. The maximum atomic E-state index is 12.5. The molecule has 0 saturated carbocycles. The van der Waals surface area contributed by atoms with Crippen LogP contribution in [-0.4, -0.2) is 10.5 Å². The Bertz CT molecular complexity index is 1160. The molecule has 2 N–H and O–H groups in total. The number of amides is 1. The van der Waals surface area contributed by atoms with Gasteiger partial charge in [-0.3, -0.25) is 4.79 Å². The van der Waals surface area contributed by atoms with Gasteiger partial charge in [-0.05, 0) is 42.2 Å². The summed E-state index contributed by atoms with van der Waals surface area (Å²) in [4.78, 5) is 12.5. The van der Waals surface area contributed by atoms with Crippen molar-refractivity contribution >= 4 is 17.5 Å². The third-order valence-corrected chi connectivity index (χ3v) is 5.67. The Morgan fingerprint density at radius 2 is 1.43 bits per heavy atom. The minimum Gasteiger partial charge on any atom is -0.366 e. The maximum absolute atomic E-state index is 12.5. The maximum Gasteiger partial charge on any atom is 0.251 e. The third-order valence-electron chi connectivity index (χ3n) is 5.42. The Hall–Kier alpha value is -3.30. The van der Waals surface area contributed by atoms with E-state index in [4.69, 9.17) is 17.3 Å². The summed E-state index contributed by atoms with van der Waals surface area (Å²) in [5.74, 6) is -0.409. The van der Waals surface area contributed by atoms with E-state index in [0.717, 1.165) is 46.1 Å². The molecule has 0 aliphatic rings. The van der Waals surface area contributed by atoms with Gasteiger partial charge in [0.25, 0.3) is 5.91 Å². The average molecular weight is 415 g/mol. The first-order valence-corrected chi connectivity index (χ1v) is 10.3. The third kappa shape index (κ3) is 3.89. The monoisotopic (exact) mass is 414 g/mol. The van der Waals surface area contributed by atoms with Gasteiger partial charge >= 0.3 is 0 Å². The van der Waals surface area contributed by atoms with E-state index in [1.807, 2.05) is 79.7 Å². The molecule has 1 amide bonds. The van der Waals surface area contributed by atoms with Crippen molar-refractivity contribution in [2.75, 3.05) is 0 Å². The molecule has 0 aliphatic heterocycles.